The maximum Gasteiger partial charge on any atom is 0.271 e. The first-order valence-corrected chi connectivity index (χ1v) is 6.27. The van der Waals surface area contributed by atoms with Crippen LogP contribution in [-0.2, 0) is 4.79 Å². The molecule has 0 aliphatic heterocycles. The van der Waals surface area contributed by atoms with E-state index in [4.69, 9.17) is 0 Å². The number of nitrogens with zero attached hydrogens (tertiary/aromatic N) is 2. The van der Waals surface area contributed by atoms with Crippen molar-refractivity contribution in [1.82, 2.24) is 9.88 Å². The van der Waals surface area contributed by atoms with Crippen molar-refractivity contribution in [3.05, 3.63) is 29.6 Å². The van der Waals surface area contributed by atoms with Gasteiger partial charge in [0.25, 0.3) is 5.91 Å². The van der Waals surface area contributed by atoms with Crippen LogP contribution in [0.4, 0.5) is 0 Å². The predicted octanol–water partition coefficient (Wildman–Crippen LogP) is 2.01. The van der Waals surface area contributed by atoms with E-state index in [1.807, 2.05) is 6.07 Å². The molecular formula is C14H18N2O2. The summed E-state index contributed by atoms with van der Waals surface area (Å²) in [6.07, 6.45) is 4.92. The molecule has 1 heterocycles. The van der Waals surface area contributed by atoms with Crippen LogP contribution in [0.25, 0.3) is 0 Å². The van der Waals surface area contributed by atoms with E-state index >= 15 is 0 Å². The Kier molecular flexibility index (Phi) is 3.75. The third-order valence-electron chi connectivity index (χ3n) is 3.43. The maximum absolute atomic E-state index is 11.7. The van der Waals surface area contributed by atoms with Gasteiger partial charge in [0.2, 0.25) is 0 Å². The Hall–Kier alpha value is -1.71. The highest BCUT2D eigenvalue weighted by Gasteiger charge is 2.20. The number of hydrogen-bond donors (Lipinski definition) is 0. The van der Waals surface area contributed by atoms with Crippen molar-refractivity contribution < 1.29 is 9.59 Å². The van der Waals surface area contributed by atoms with E-state index in [-0.39, 0.29) is 5.91 Å². The van der Waals surface area contributed by atoms with E-state index in [0.29, 0.717) is 30.2 Å². The molecule has 0 bridgehead atoms. The first-order valence-electron chi connectivity index (χ1n) is 6.27. The van der Waals surface area contributed by atoms with Gasteiger partial charge >= 0.3 is 0 Å². The molecule has 4 nitrogen and oxygen atoms in total. The highest BCUT2D eigenvalue weighted by atomic mass is 16.2. The summed E-state index contributed by atoms with van der Waals surface area (Å²) in [6, 6.07) is 3.73. The second kappa shape index (κ2) is 5.29. The number of carbonyl (C=O) groups excluding carboxylic acids is 2. The lowest BCUT2D eigenvalue weighted by Gasteiger charge is -2.21. The van der Waals surface area contributed by atoms with E-state index in [0.717, 1.165) is 18.4 Å². The van der Waals surface area contributed by atoms with Gasteiger partial charge < -0.3 is 4.90 Å². The fraction of sp³-hybridized carbons (Fsp3) is 0.500. The molecule has 0 saturated heterocycles. The molecular weight excluding hydrogens is 228 g/mol. The average molecular weight is 246 g/mol. The highest BCUT2D eigenvalue weighted by Crippen LogP contribution is 2.30. The van der Waals surface area contributed by atoms with Gasteiger partial charge in [-0.15, -0.1) is 0 Å². The van der Waals surface area contributed by atoms with Crippen LogP contribution in [0.2, 0.25) is 0 Å². The molecule has 2 rings (SSSR count). The van der Waals surface area contributed by atoms with Crippen LogP contribution >= 0.6 is 0 Å². The number of amides is 1. The quantitative estimate of drug-likeness (QED) is 0.802. The van der Waals surface area contributed by atoms with Crippen molar-refractivity contribution in [2.45, 2.75) is 31.6 Å². The number of pyridine rings is 1. The summed E-state index contributed by atoms with van der Waals surface area (Å²) in [5, 5.41) is 0. The van der Waals surface area contributed by atoms with Gasteiger partial charge in [-0.05, 0) is 30.4 Å². The Labute approximate surface area is 107 Å². The lowest BCUT2D eigenvalue weighted by molar-refractivity contribution is -0.120. The zero-order valence-electron chi connectivity index (χ0n) is 10.8. The number of hydrogen-bond acceptors (Lipinski definition) is 3. The molecule has 0 unspecified atom stereocenters. The van der Waals surface area contributed by atoms with E-state index < -0.39 is 0 Å². The Morgan fingerprint density at radius 1 is 1.28 bits per heavy atom. The lowest BCUT2D eigenvalue weighted by Crippen LogP contribution is -2.22. The van der Waals surface area contributed by atoms with E-state index in [1.165, 1.54) is 4.90 Å². The first-order chi connectivity index (χ1) is 8.58. The summed E-state index contributed by atoms with van der Waals surface area (Å²) < 4.78 is 0. The third kappa shape index (κ3) is 2.75. The summed E-state index contributed by atoms with van der Waals surface area (Å²) in [5.74, 6) is 0.692. The molecule has 0 radical (unpaired) electrons. The van der Waals surface area contributed by atoms with Crippen LogP contribution in [0.3, 0.4) is 0 Å². The van der Waals surface area contributed by atoms with Crippen molar-refractivity contribution in [1.29, 1.82) is 0 Å². The molecule has 0 aromatic carbocycles. The SMILES string of the molecule is CN(C)C(=O)c1ccc(C2CCC(=O)CC2)cn1. The van der Waals surface area contributed by atoms with E-state index in [1.54, 1.807) is 26.4 Å². The zero-order chi connectivity index (χ0) is 13.1. The number of ketones is 1. The Balaban J connectivity index is 2.08. The molecule has 96 valence electrons. The van der Waals surface area contributed by atoms with Crippen LogP contribution in [0.5, 0.6) is 0 Å². The smallest absolute Gasteiger partial charge is 0.271 e. The molecule has 4 heteroatoms. The number of carbonyl (C=O) groups is 2. The number of rotatable bonds is 2. The molecule has 0 spiro atoms. The fourth-order valence-corrected chi connectivity index (χ4v) is 2.28. The van der Waals surface area contributed by atoms with Gasteiger partial charge in [-0.3, -0.25) is 14.6 Å². The molecule has 0 atom stereocenters. The summed E-state index contributed by atoms with van der Waals surface area (Å²) >= 11 is 0. The fourth-order valence-electron chi connectivity index (χ4n) is 2.28. The first kappa shape index (κ1) is 12.7. The molecule has 18 heavy (non-hydrogen) atoms. The summed E-state index contributed by atoms with van der Waals surface area (Å²) in [7, 11) is 3.43. The van der Waals surface area contributed by atoms with Crippen LogP contribution < -0.4 is 0 Å². The molecule has 0 N–H and O–H groups in total. The van der Waals surface area contributed by atoms with Crippen molar-refractivity contribution in [3.8, 4) is 0 Å². The summed E-state index contributed by atoms with van der Waals surface area (Å²) in [5.41, 5.74) is 1.61. The molecule has 1 aromatic rings. The molecule has 1 aliphatic carbocycles. The molecule has 1 amide bonds. The maximum atomic E-state index is 11.7. The van der Waals surface area contributed by atoms with Gasteiger partial charge in [0.1, 0.15) is 11.5 Å². The van der Waals surface area contributed by atoms with Gasteiger partial charge in [0.15, 0.2) is 0 Å². The van der Waals surface area contributed by atoms with Gasteiger partial charge in [0.05, 0.1) is 0 Å². The second-order valence-electron chi connectivity index (χ2n) is 4.99. The number of Topliss-reactive ketones (excluding diaryl/α,β-unsaturated/α-hetero) is 1. The van der Waals surface area contributed by atoms with Crippen molar-refractivity contribution in [2.75, 3.05) is 14.1 Å². The molecule has 1 fully saturated rings. The predicted molar refractivity (Wildman–Crippen MR) is 68.5 cm³/mol. The molecule has 1 aliphatic rings. The van der Waals surface area contributed by atoms with Gasteiger partial charge in [-0.1, -0.05) is 6.07 Å². The average Bonchev–Trinajstić information content (AvgIpc) is 2.39. The summed E-state index contributed by atoms with van der Waals surface area (Å²) in [4.78, 5) is 28.6. The number of aromatic nitrogens is 1. The molecule has 1 saturated carbocycles. The van der Waals surface area contributed by atoms with Gasteiger partial charge in [-0.2, -0.15) is 0 Å². The van der Waals surface area contributed by atoms with Gasteiger partial charge in [-0.25, -0.2) is 0 Å². The Morgan fingerprint density at radius 2 is 1.94 bits per heavy atom. The third-order valence-corrected chi connectivity index (χ3v) is 3.43. The second-order valence-corrected chi connectivity index (χ2v) is 4.99. The van der Waals surface area contributed by atoms with E-state index in [9.17, 15) is 9.59 Å². The minimum Gasteiger partial charge on any atom is -0.343 e. The van der Waals surface area contributed by atoms with Crippen LogP contribution in [0, 0.1) is 0 Å². The zero-order valence-corrected chi connectivity index (χ0v) is 10.8. The van der Waals surface area contributed by atoms with Crippen LogP contribution in [-0.4, -0.2) is 35.7 Å². The van der Waals surface area contributed by atoms with Crippen LogP contribution in [0.1, 0.15) is 47.7 Å². The normalized spacial score (nSPS) is 16.7. The lowest BCUT2D eigenvalue weighted by atomic mass is 9.84. The minimum atomic E-state index is -0.0830. The Morgan fingerprint density at radius 3 is 2.44 bits per heavy atom. The standard InChI is InChI=1S/C14H18N2O2/c1-16(2)14(18)13-8-5-11(9-15-13)10-3-6-12(17)7-4-10/h5,8-10H,3-4,6-7H2,1-2H3. The van der Waals surface area contributed by atoms with Crippen molar-refractivity contribution in [2.24, 2.45) is 0 Å². The Bertz CT molecular complexity index is 441. The monoisotopic (exact) mass is 246 g/mol. The van der Waals surface area contributed by atoms with Crippen LogP contribution in [0.15, 0.2) is 18.3 Å². The summed E-state index contributed by atoms with van der Waals surface area (Å²) in [6.45, 7) is 0. The van der Waals surface area contributed by atoms with E-state index in [2.05, 4.69) is 4.98 Å². The van der Waals surface area contributed by atoms with Gasteiger partial charge in [0, 0.05) is 33.1 Å². The minimum absolute atomic E-state index is 0.0830. The van der Waals surface area contributed by atoms with Crippen molar-refractivity contribution >= 4 is 11.7 Å². The highest BCUT2D eigenvalue weighted by molar-refractivity contribution is 5.91. The molecule has 1 aromatic heterocycles. The largest absolute Gasteiger partial charge is 0.343 e. The van der Waals surface area contributed by atoms with Crippen molar-refractivity contribution in [3.63, 3.8) is 0 Å². The topological polar surface area (TPSA) is 50.3 Å².